The van der Waals surface area contributed by atoms with Gasteiger partial charge in [-0.1, -0.05) is 34.3 Å². The number of aliphatic imine (C=N–C) groups is 3. The summed E-state index contributed by atoms with van der Waals surface area (Å²) in [5, 5.41) is 75.2. The first-order chi connectivity index (χ1) is 29.1. The van der Waals surface area contributed by atoms with Gasteiger partial charge in [0, 0.05) is 94.9 Å². The molecule has 0 aliphatic carbocycles. The molecule has 344 valence electrons. The first-order valence-electron chi connectivity index (χ1n) is 21.3. The number of hydrogen-bond acceptors (Lipinski definition) is 11. The SMILES string of the molecule is C=C1C(CCC(=O)O)=C2NC1(C)CC1=NC(=C(C)C3=NC(C)(C4N=C(C2C)C(C)(CCC(=O)O)C4CC(=O)O)C(C)(CC(=O)O)C3CCC(=O)O)C(C)(CC(=O)O)C1CCC(=O)O. The van der Waals surface area contributed by atoms with Gasteiger partial charge >= 0.3 is 41.8 Å². The van der Waals surface area contributed by atoms with Crippen LogP contribution in [0.4, 0.5) is 0 Å². The smallest absolute Gasteiger partial charge is 0.304 e. The number of hydrogen-bond donors (Lipinski definition) is 8. The molecule has 0 aromatic carbocycles. The number of nitrogens with zero attached hydrogens (tertiary/aromatic N) is 3. The highest BCUT2D eigenvalue weighted by atomic mass is 16.4. The molecule has 5 rings (SSSR count). The zero-order valence-corrected chi connectivity index (χ0v) is 36.9. The van der Waals surface area contributed by atoms with E-state index in [9.17, 15) is 69.3 Å². The zero-order chi connectivity index (χ0) is 47.4. The average molecular weight is 881 g/mol. The number of carbonyl (C=O) groups is 7. The van der Waals surface area contributed by atoms with Gasteiger partial charge in [-0.15, -0.1) is 0 Å². The minimum Gasteiger partial charge on any atom is -0.481 e. The maximum Gasteiger partial charge on any atom is 0.304 e. The number of allylic oxidation sites excluding steroid dienone is 3. The van der Waals surface area contributed by atoms with E-state index >= 15 is 0 Å². The molecule has 0 aromatic heterocycles. The van der Waals surface area contributed by atoms with Crippen molar-refractivity contribution in [3.05, 3.63) is 34.7 Å². The van der Waals surface area contributed by atoms with Gasteiger partial charge in [-0.05, 0) is 63.2 Å². The Morgan fingerprint density at radius 2 is 1.29 bits per heavy atom. The molecule has 0 radical (unpaired) electrons. The van der Waals surface area contributed by atoms with Gasteiger partial charge in [0.25, 0.3) is 0 Å². The summed E-state index contributed by atoms with van der Waals surface area (Å²) in [6, 6.07) is -1.14. The van der Waals surface area contributed by atoms with Crippen molar-refractivity contribution >= 4 is 58.9 Å². The van der Waals surface area contributed by atoms with Crippen LogP contribution < -0.4 is 5.32 Å². The van der Waals surface area contributed by atoms with Crippen LogP contribution >= 0.6 is 0 Å². The Hall–Kier alpha value is -5.68. The molecule has 5 aliphatic heterocycles. The maximum atomic E-state index is 13.1. The highest BCUT2D eigenvalue weighted by Crippen LogP contribution is 2.62. The van der Waals surface area contributed by atoms with Crippen LogP contribution in [0, 0.1) is 39.9 Å². The first kappa shape index (κ1) is 48.4. The third kappa shape index (κ3) is 8.56. The van der Waals surface area contributed by atoms with Crippen molar-refractivity contribution in [1.82, 2.24) is 5.32 Å². The molecule has 0 fully saturated rings. The van der Waals surface area contributed by atoms with E-state index in [1.165, 1.54) is 0 Å². The molecular weight excluding hydrogens is 821 g/mol. The minimum absolute atomic E-state index is 0.000745. The fourth-order valence-corrected chi connectivity index (χ4v) is 11.9. The Labute approximate surface area is 365 Å². The molecular formula is C45H60N4O14. The lowest BCUT2D eigenvalue weighted by Gasteiger charge is -2.48. The fraction of sp³-hybridized carbons (Fsp3) is 0.644. The number of rotatable bonds is 18. The quantitative estimate of drug-likeness (QED) is 0.0817. The molecule has 18 heteroatoms. The van der Waals surface area contributed by atoms with Gasteiger partial charge < -0.3 is 41.1 Å². The lowest BCUT2D eigenvalue weighted by Crippen LogP contribution is -2.55. The van der Waals surface area contributed by atoms with Crippen LogP contribution in [0.5, 0.6) is 0 Å². The molecule has 0 aromatic rings. The molecule has 63 heavy (non-hydrogen) atoms. The van der Waals surface area contributed by atoms with Gasteiger partial charge in [0.05, 0.1) is 42.1 Å². The van der Waals surface area contributed by atoms with E-state index in [2.05, 4.69) is 11.9 Å². The molecule has 8 bridgehead atoms. The van der Waals surface area contributed by atoms with E-state index in [1.54, 1.807) is 41.5 Å². The summed E-state index contributed by atoms with van der Waals surface area (Å²) in [6.45, 7) is 16.5. The van der Waals surface area contributed by atoms with Gasteiger partial charge in [-0.2, -0.15) is 0 Å². The van der Waals surface area contributed by atoms with Crippen LogP contribution in [0.25, 0.3) is 0 Å². The van der Waals surface area contributed by atoms with Crippen molar-refractivity contribution in [2.75, 3.05) is 0 Å². The summed E-state index contributed by atoms with van der Waals surface area (Å²) in [6.07, 6.45) is -3.30. The number of carboxylic acids is 7. The lowest BCUT2D eigenvalue weighted by atomic mass is 9.55. The van der Waals surface area contributed by atoms with E-state index < -0.39 is 131 Å². The van der Waals surface area contributed by atoms with E-state index in [4.69, 9.17) is 15.0 Å². The number of carboxylic acid groups (broad SMARTS) is 7. The molecule has 0 saturated heterocycles. The zero-order valence-electron chi connectivity index (χ0n) is 36.9. The van der Waals surface area contributed by atoms with Crippen molar-refractivity contribution in [3.8, 4) is 0 Å². The molecule has 10 atom stereocenters. The van der Waals surface area contributed by atoms with Gasteiger partial charge in [-0.3, -0.25) is 48.5 Å². The van der Waals surface area contributed by atoms with Crippen LogP contribution in [0.2, 0.25) is 0 Å². The Bertz CT molecular complexity index is 2210. The van der Waals surface area contributed by atoms with E-state index in [0.29, 0.717) is 33.8 Å². The van der Waals surface area contributed by atoms with Crippen molar-refractivity contribution in [2.45, 2.75) is 143 Å². The van der Waals surface area contributed by atoms with Crippen molar-refractivity contribution in [2.24, 2.45) is 54.9 Å². The van der Waals surface area contributed by atoms with Gasteiger partial charge in [0.2, 0.25) is 0 Å². The number of fused-ring (bicyclic) bond motifs is 6. The first-order valence-corrected chi connectivity index (χ1v) is 21.3. The molecule has 8 N–H and O–H groups in total. The van der Waals surface area contributed by atoms with E-state index in [-0.39, 0.29) is 56.4 Å². The second-order valence-electron chi connectivity index (χ2n) is 19.3. The van der Waals surface area contributed by atoms with Crippen LogP contribution in [0.3, 0.4) is 0 Å². The lowest BCUT2D eigenvalue weighted by molar-refractivity contribution is -0.143. The predicted molar refractivity (Wildman–Crippen MR) is 228 cm³/mol. The highest BCUT2D eigenvalue weighted by Gasteiger charge is 2.67. The highest BCUT2D eigenvalue weighted by molar-refractivity contribution is 6.07. The van der Waals surface area contributed by atoms with Crippen molar-refractivity contribution in [1.29, 1.82) is 0 Å². The summed E-state index contributed by atoms with van der Waals surface area (Å²) < 4.78 is 0. The summed E-state index contributed by atoms with van der Waals surface area (Å²) >= 11 is 0. The third-order valence-electron chi connectivity index (χ3n) is 15.3. The fourth-order valence-electron chi connectivity index (χ4n) is 11.9. The third-order valence-corrected chi connectivity index (χ3v) is 15.3. The van der Waals surface area contributed by atoms with Crippen LogP contribution in [0.15, 0.2) is 49.7 Å². The number of nitrogens with one attached hydrogen (secondary N) is 1. The predicted octanol–water partition coefficient (Wildman–Crippen LogP) is 5.71. The summed E-state index contributed by atoms with van der Waals surface area (Å²) in [7, 11) is 0. The Morgan fingerprint density at radius 1 is 0.730 bits per heavy atom. The van der Waals surface area contributed by atoms with Crippen LogP contribution in [-0.2, 0) is 33.6 Å². The molecule has 10 unspecified atom stereocenters. The standard InChI is InChI=1S/C45H60N4O14/c1-21-36-24(9-12-29(50)51)23(3)44(7,48-36)18-28-25(10-13-30(52)53)42(5,19-34(60)61)39(46-28)22(2)37-26(11-14-31(54)55)43(6,20-35(62)63)45(8,49-37)40-27(17-33(58)59)41(4,38(21)47-40)16-15-32(56)57/h21,25-27,40,48H,3,9-20H2,1-2,4-8H3,(H,50,51)(H,52,53)(H,54,55)(H,56,57)(H,58,59)(H,60,61)(H,62,63). The molecule has 5 aliphatic rings. The monoisotopic (exact) mass is 880 g/mol. The molecule has 0 spiro atoms. The average Bonchev–Trinajstić information content (AvgIpc) is 3.75. The van der Waals surface area contributed by atoms with Crippen molar-refractivity contribution in [3.63, 3.8) is 0 Å². The Kier molecular flexibility index (Phi) is 13.1. The Balaban J connectivity index is 1.99. The molecule has 0 amide bonds. The van der Waals surface area contributed by atoms with Crippen LogP contribution in [0.1, 0.15) is 126 Å². The van der Waals surface area contributed by atoms with Crippen molar-refractivity contribution < 1.29 is 69.3 Å². The topological polar surface area (TPSA) is 310 Å². The normalized spacial score (nSPS) is 34.7. The Morgan fingerprint density at radius 3 is 1.81 bits per heavy atom. The van der Waals surface area contributed by atoms with Gasteiger partial charge in [0.15, 0.2) is 0 Å². The van der Waals surface area contributed by atoms with Crippen LogP contribution in [-0.4, -0.2) is 112 Å². The second kappa shape index (κ2) is 17.1. The molecule has 0 saturated carbocycles. The van der Waals surface area contributed by atoms with E-state index in [0.717, 1.165) is 0 Å². The summed E-state index contributed by atoms with van der Waals surface area (Å²) in [5.74, 6) is -11.7. The summed E-state index contributed by atoms with van der Waals surface area (Å²) in [5.41, 5.74) is -3.71. The van der Waals surface area contributed by atoms with Gasteiger partial charge in [0.1, 0.15) is 0 Å². The largest absolute Gasteiger partial charge is 0.481 e. The summed E-state index contributed by atoms with van der Waals surface area (Å²) in [4.78, 5) is 104. The van der Waals surface area contributed by atoms with E-state index in [1.807, 2.05) is 6.92 Å². The number of aliphatic carboxylic acids is 7. The molecule has 5 heterocycles. The minimum atomic E-state index is -1.63. The van der Waals surface area contributed by atoms with Gasteiger partial charge in [-0.25, -0.2) is 0 Å². The molecule has 18 nitrogen and oxygen atoms in total. The second-order valence-corrected chi connectivity index (χ2v) is 19.3. The maximum absolute atomic E-state index is 13.1.